The zero-order chi connectivity index (χ0) is 23.7. The Hall–Kier alpha value is -3.60. The van der Waals surface area contributed by atoms with Crippen molar-refractivity contribution in [3.8, 4) is 22.6 Å². The molecule has 5 heteroatoms. The lowest BCUT2D eigenvalue weighted by Crippen LogP contribution is -2.30. The maximum Gasteiger partial charge on any atom is 0.253 e. The van der Waals surface area contributed by atoms with Crippen molar-refractivity contribution in [2.24, 2.45) is 0 Å². The van der Waals surface area contributed by atoms with Gasteiger partial charge in [-0.15, -0.1) is 0 Å². The van der Waals surface area contributed by atoms with Gasteiger partial charge in [0, 0.05) is 25.1 Å². The molecule has 1 heterocycles. The predicted octanol–water partition coefficient (Wildman–Crippen LogP) is 5.41. The highest BCUT2D eigenvalue weighted by atomic mass is 16.7. The molecule has 1 fully saturated rings. The third-order valence-corrected chi connectivity index (χ3v) is 7.02. The Bertz CT molecular complexity index is 1220. The van der Waals surface area contributed by atoms with E-state index in [1.807, 2.05) is 79.4 Å². The molecule has 0 atom stereocenters. The van der Waals surface area contributed by atoms with E-state index in [1.54, 1.807) is 0 Å². The van der Waals surface area contributed by atoms with E-state index in [4.69, 9.17) is 9.47 Å². The lowest BCUT2D eigenvalue weighted by atomic mass is 9.87. The first-order chi connectivity index (χ1) is 16.5. The van der Waals surface area contributed by atoms with Gasteiger partial charge in [-0.25, -0.2) is 0 Å². The Labute approximate surface area is 200 Å². The van der Waals surface area contributed by atoms with Crippen LogP contribution >= 0.6 is 0 Å². The molecule has 5 nitrogen and oxygen atoms in total. The number of ketones is 1. The van der Waals surface area contributed by atoms with Gasteiger partial charge in [0.1, 0.15) is 5.78 Å². The van der Waals surface area contributed by atoms with E-state index in [0.717, 1.165) is 46.6 Å². The number of nitrogens with zero attached hydrogens (tertiary/aromatic N) is 1. The number of carbonyl (C=O) groups excluding carboxylic acids is 2. The van der Waals surface area contributed by atoms with Crippen molar-refractivity contribution in [3.63, 3.8) is 0 Å². The summed E-state index contributed by atoms with van der Waals surface area (Å²) in [6.45, 7) is 5.60. The molecule has 1 amide bonds. The first kappa shape index (κ1) is 22.2. The molecule has 1 aliphatic heterocycles. The summed E-state index contributed by atoms with van der Waals surface area (Å²) < 4.78 is 10.9. The van der Waals surface area contributed by atoms with Crippen molar-refractivity contribution in [2.75, 3.05) is 19.9 Å². The van der Waals surface area contributed by atoms with Gasteiger partial charge in [0.15, 0.2) is 11.5 Å². The number of rotatable bonds is 8. The summed E-state index contributed by atoms with van der Waals surface area (Å²) in [4.78, 5) is 27.8. The quantitative estimate of drug-likeness (QED) is 0.456. The summed E-state index contributed by atoms with van der Waals surface area (Å²) in [7, 11) is 0. The van der Waals surface area contributed by atoms with Crippen LogP contribution in [-0.2, 0) is 16.6 Å². The van der Waals surface area contributed by atoms with E-state index in [0.29, 0.717) is 25.1 Å². The zero-order valence-corrected chi connectivity index (χ0v) is 19.7. The highest BCUT2D eigenvalue weighted by Gasteiger charge is 2.50. The van der Waals surface area contributed by atoms with E-state index >= 15 is 0 Å². The van der Waals surface area contributed by atoms with Crippen molar-refractivity contribution in [1.29, 1.82) is 0 Å². The largest absolute Gasteiger partial charge is 0.454 e. The first-order valence-electron chi connectivity index (χ1n) is 12.0. The average molecular weight is 456 g/mol. The fraction of sp³-hybridized carbons (Fsp3) is 0.310. The molecule has 0 N–H and O–H groups in total. The van der Waals surface area contributed by atoms with Gasteiger partial charge in [-0.3, -0.25) is 9.59 Å². The molecule has 0 saturated heterocycles. The molecule has 0 bridgehead atoms. The van der Waals surface area contributed by atoms with Crippen LogP contribution in [0.3, 0.4) is 0 Å². The van der Waals surface area contributed by atoms with Crippen LogP contribution < -0.4 is 9.47 Å². The van der Waals surface area contributed by atoms with E-state index < -0.39 is 5.41 Å². The second kappa shape index (κ2) is 8.98. The monoisotopic (exact) mass is 455 g/mol. The van der Waals surface area contributed by atoms with Gasteiger partial charge in [-0.05, 0) is 73.2 Å². The second-order valence-electron chi connectivity index (χ2n) is 9.01. The highest BCUT2D eigenvalue weighted by molar-refractivity contribution is 5.95. The molecule has 3 aromatic rings. The van der Waals surface area contributed by atoms with E-state index in [-0.39, 0.29) is 18.5 Å². The predicted molar refractivity (Wildman–Crippen MR) is 131 cm³/mol. The SMILES string of the molecule is CCN(CC)C(=O)c1ccc(-c2cccc(CC(=O)C3(c4ccc5c(c4)OCO5)CC3)c2)cc1. The minimum absolute atomic E-state index is 0.0501. The van der Waals surface area contributed by atoms with Crippen LogP contribution in [0.2, 0.25) is 0 Å². The number of Topliss-reactive ketones (excluding diaryl/α,β-unsaturated/α-hetero) is 1. The molecule has 1 aliphatic carbocycles. The van der Waals surface area contributed by atoms with Gasteiger partial charge in [0.05, 0.1) is 5.41 Å². The molecule has 0 unspecified atom stereocenters. The number of ether oxygens (including phenoxy) is 2. The second-order valence-corrected chi connectivity index (χ2v) is 9.01. The van der Waals surface area contributed by atoms with E-state index in [1.165, 1.54) is 0 Å². The molecular formula is C29H29NO4. The van der Waals surface area contributed by atoms with Crippen LogP contribution in [-0.4, -0.2) is 36.5 Å². The molecule has 0 spiro atoms. The van der Waals surface area contributed by atoms with E-state index in [2.05, 4.69) is 6.07 Å². The molecular weight excluding hydrogens is 426 g/mol. The van der Waals surface area contributed by atoms with Crippen molar-refractivity contribution in [1.82, 2.24) is 4.90 Å². The van der Waals surface area contributed by atoms with Crippen LogP contribution in [0, 0.1) is 0 Å². The van der Waals surface area contributed by atoms with Gasteiger partial charge >= 0.3 is 0 Å². The number of amides is 1. The number of benzene rings is 3. The Morgan fingerprint density at radius 3 is 2.29 bits per heavy atom. The Morgan fingerprint density at radius 1 is 0.853 bits per heavy atom. The highest BCUT2D eigenvalue weighted by Crippen LogP contribution is 2.51. The number of fused-ring (bicyclic) bond motifs is 1. The van der Waals surface area contributed by atoms with Crippen LogP contribution in [0.1, 0.15) is 48.2 Å². The van der Waals surface area contributed by atoms with Gasteiger partial charge in [-0.2, -0.15) is 0 Å². The lowest BCUT2D eigenvalue weighted by Gasteiger charge is -2.18. The summed E-state index contributed by atoms with van der Waals surface area (Å²) in [5.74, 6) is 1.75. The van der Waals surface area contributed by atoms with Gasteiger partial charge in [0.2, 0.25) is 6.79 Å². The fourth-order valence-electron chi connectivity index (χ4n) is 4.76. The first-order valence-corrected chi connectivity index (χ1v) is 12.0. The maximum atomic E-state index is 13.4. The van der Waals surface area contributed by atoms with Crippen LogP contribution in [0.15, 0.2) is 66.7 Å². The molecule has 0 aromatic heterocycles. The number of hydrogen-bond acceptors (Lipinski definition) is 4. The molecule has 1 saturated carbocycles. The summed E-state index contributed by atoms with van der Waals surface area (Å²) >= 11 is 0. The molecule has 34 heavy (non-hydrogen) atoms. The average Bonchev–Trinajstić information content (AvgIpc) is 3.56. The summed E-state index contributed by atoms with van der Waals surface area (Å²) in [6.07, 6.45) is 2.13. The Morgan fingerprint density at radius 2 is 1.59 bits per heavy atom. The van der Waals surface area contributed by atoms with Gasteiger partial charge in [0.25, 0.3) is 5.91 Å². The fourth-order valence-corrected chi connectivity index (χ4v) is 4.76. The number of hydrogen-bond donors (Lipinski definition) is 0. The third kappa shape index (κ3) is 4.07. The molecule has 3 aromatic carbocycles. The zero-order valence-electron chi connectivity index (χ0n) is 19.7. The Balaban J connectivity index is 1.32. The molecule has 174 valence electrons. The van der Waals surface area contributed by atoms with Crippen molar-refractivity contribution in [2.45, 2.75) is 38.5 Å². The summed E-state index contributed by atoms with van der Waals surface area (Å²) in [5.41, 5.74) is 4.37. The van der Waals surface area contributed by atoms with E-state index in [9.17, 15) is 9.59 Å². The number of carbonyl (C=O) groups is 2. The molecule has 5 rings (SSSR count). The van der Waals surface area contributed by atoms with Crippen LogP contribution in [0.25, 0.3) is 11.1 Å². The van der Waals surface area contributed by atoms with Gasteiger partial charge in [-0.1, -0.05) is 42.5 Å². The maximum absolute atomic E-state index is 13.4. The molecule has 2 aliphatic rings. The smallest absolute Gasteiger partial charge is 0.253 e. The topological polar surface area (TPSA) is 55.8 Å². The van der Waals surface area contributed by atoms with Crippen molar-refractivity contribution >= 4 is 11.7 Å². The van der Waals surface area contributed by atoms with Crippen LogP contribution in [0.4, 0.5) is 0 Å². The van der Waals surface area contributed by atoms with Crippen molar-refractivity contribution in [3.05, 3.63) is 83.4 Å². The third-order valence-electron chi connectivity index (χ3n) is 7.02. The minimum atomic E-state index is -0.413. The van der Waals surface area contributed by atoms with Crippen molar-refractivity contribution < 1.29 is 19.1 Å². The summed E-state index contributed by atoms with van der Waals surface area (Å²) in [6, 6.07) is 21.7. The lowest BCUT2D eigenvalue weighted by molar-refractivity contribution is -0.120. The van der Waals surface area contributed by atoms with Gasteiger partial charge < -0.3 is 14.4 Å². The van der Waals surface area contributed by atoms with Crippen LogP contribution in [0.5, 0.6) is 11.5 Å². The molecule has 0 radical (unpaired) electrons. The standard InChI is InChI=1S/C29H29NO4/c1-3-30(4-2)28(32)22-10-8-21(9-11-22)23-7-5-6-20(16-23)17-27(31)29(14-15-29)24-12-13-25-26(18-24)34-19-33-25/h5-13,16,18H,3-4,14-15,17,19H2,1-2H3. The Kier molecular flexibility index (Phi) is 5.86. The normalized spacial score (nSPS) is 15.1. The minimum Gasteiger partial charge on any atom is -0.454 e. The summed E-state index contributed by atoms with van der Waals surface area (Å²) in [5, 5.41) is 0.